The second kappa shape index (κ2) is 8.33. The van der Waals surface area contributed by atoms with Gasteiger partial charge >= 0.3 is 0 Å². The highest BCUT2D eigenvalue weighted by atomic mass is 16.5. The largest absolute Gasteiger partial charge is 0.467 e. The van der Waals surface area contributed by atoms with E-state index in [1.54, 1.807) is 6.26 Å². The van der Waals surface area contributed by atoms with Crippen molar-refractivity contribution in [1.29, 1.82) is 0 Å². The van der Waals surface area contributed by atoms with Crippen LogP contribution >= 0.6 is 0 Å². The molecule has 4 nitrogen and oxygen atoms in total. The van der Waals surface area contributed by atoms with Gasteiger partial charge in [0.25, 0.3) is 0 Å². The van der Waals surface area contributed by atoms with Gasteiger partial charge in [0.2, 0.25) is 0 Å². The smallest absolute Gasteiger partial charge is 0.129 e. The van der Waals surface area contributed by atoms with Crippen molar-refractivity contribution < 1.29 is 14.3 Å². The second-order valence-corrected chi connectivity index (χ2v) is 3.81. The summed E-state index contributed by atoms with van der Waals surface area (Å²) < 4.78 is 10.4. The number of aliphatic hydroxyl groups excluding tert-OH is 1. The van der Waals surface area contributed by atoms with E-state index in [4.69, 9.17) is 9.15 Å². The van der Waals surface area contributed by atoms with Crippen molar-refractivity contribution >= 4 is 0 Å². The van der Waals surface area contributed by atoms with Gasteiger partial charge in [0, 0.05) is 6.54 Å². The average molecular weight is 227 g/mol. The molecule has 16 heavy (non-hydrogen) atoms. The fourth-order valence-corrected chi connectivity index (χ4v) is 1.32. The van der Waals surface area contributed by atoms with E-state index in [2.05, 4.69) is 12.2 Å². The Morgan fingerprint density at radius 2 is 2.44 bits per heavy atom. The molecule has 1 unspecified atom stereocenters. The lowest BCUT2D eigenvalue weighted by Crippen LogP contribution is -2.30. The summed E-state index contributed by atoms with van der Waals surface area (Å²) in [6, 6.07) is 3.67. The summed E-state index contributed by atoms with van der Waals surface area (Å²) in [5.41, 5.74) is 0. The molecule has 0 saturated carbocycles. The van der Waals surface area contributed by atoms with Gasteiger partial charge in [0.15, 0.2) is 0 Å². The minimum atomic E-state index is -0.452. The lowest BCUT2D eigenvalue weighted by Gasteiger charge is -2.11. The predicted octanol–water partition coefficient (Wildman–Crippen LogP) is 1.55. The zero-order valence-electron chi connectivity index (χ0n) is 9.82. The zero-order chi connectivity index (χ0) is 11.6. The van der Waals surface area contributed by atoms with Crippen molar-refractivity contribution in [2.75, 3.05) is 19.7 Å². The maximum absolute atomic E-state index is 9.56. The summed E-state index contributed by atoms with van der Waals surface area (Å²) in [5.74, 6) is 0.783. The third-order valence-corrected chi connectivity index (χ3v) is 2.22. The number of nitrogens with one attached hydrogen (secondary N) is 1. The molecule has 0 spiro atoms. The van der Waals surface area contributed by atoms with Crippen LogP contribution in [0.4, 0.5) is 0 Å². The van der Waals surface area contributed by atoms with Crippen molar-refractivity contribution in [3.05, 3.63) is 24.2 Å². The second-order valence-electron chi connectivity index (χ2n) is 3.81. The quantitative estimate of drug-likeness (QED) is 0.628. The van der Waals surface area contributed by atoms with Crippen LogP contribution in [0.3, 0.4) is 0 Å². The average Bonchev–Trinajstić information content (AvgIpc) is 2.77. The number of furan rings is 1. The summed E-state index contributed by atoms with van der Waals surface area (Å²) >= 11 is 0. The van der Waals surface area contributed by atoms with Crippen molar-refractivity contribution in [3.8, 4) is 0 Å². The standard InChI is InChI=1S/C12H21NO3/c1-2-3-6-13-8-11(14)9-15-10-12-5-4-7-16-12/h4-5,7,11,13-14H,2-3,6,8-10H2,1H3. The fourth-order valence-electron chi connectivity index (χ4n) is 1.32. The van der Waals surface area contributed by atoms with E-state index >= 15 is 0 Å². The number of ether oxygens (including phenoxy) is 1. The van der Waals surface area contributed by atoms with Gasteiger partial charge in [-0.25, -0.2) is 0 Å². The van der Waals surface area contributed by atoms with Crippen molar-refractivity contribution in [2.45, 2.75) is 32.5 Å². The molecule has 0 radical (unpaired) electrons. The Hall–Kier alpha value is -0.840. The topological polar surface area (TPSA) is 54.6 Å². The van der Waals surface area contributed by atoms with E-state index in [0.29, 0.717) is 19.8 Å². The van der Waals surface area contributed by atoms with Gasteiger partial charge in [-0.05, 0) is 25.1 Å². The molecule has 0 amide bonds. The van der Waals surface area contributed by atoms with Crippen molar-refractivity contribution in [1.82, 2.24) is 5.32 Å². The van der Waals surface area contributed by atoms with Crippen LogP contribution in [0, 0.1) is 0 Å². The summed E-state index contributed by atoms with van der Waals surface area (Å²) in [7, 11) is 0. The van der Waals surface area contributed by atoms with Crippen LogP contribution in [0.2, 0.25) is 0 Å². The molecule has 0 saturated heterocycles. The van der Waals surface area contributed by atoms with Crippen LogP contribution in [-0.2, 0) is 11.3 Å². The number of aliphatic hydroxyl groups is 1. The van der Waals surface area contributed by atoms with Crippen LogP contribution in [0.15, 0.2) is 22.8 Å². The molecule has 1 atom stereocenters. The monoisotopic (exact) mass is 227 g/mol. The zero-order valence-corrected chi connectivity index (χ0v) is 9.82. The molecule has 0 bridgehead atoms. The van der Waals surface area contributed by atoms with Gasteiger partial charge in [0.05, 0.1) is 19.0 Å². The van der Waals surface area contributed by atoms with E-state index in [0.717, 1.165) is 25.1 Å². The van der Waals surface area contributed by atoms with Gasteiger partial charge in [-0.3, -0.25) is 0 Å². The Bertz CT molecular complexity index is 249. The molecular weight excluding hydrogens is 206 g/mol. The first-order chi connectivity index (χ1) is 7.83. The number of hydrogen-bond donors (Lipinski definition) is 2. The minimum Gasteiger partial charge on any atom is -0.467 e. The Labute approximate surface area is 96.6 Å². The molecule has 1 heterocycles. The van der Waals surface area contributed by atoms with Crippen LogP contribution in [0.25, 0.3) is 0 Å². The molecule has 4 heteroatoms. The predicted molar refractivity (Wildman–Crippen MR) is 62.1 cm³/mol. The third kappa shape index (κ3) is 5.90. The Balaban J connectivity index is 1.95. The van der Waals surface area contributed by atoms with Crippen LogP contribution in [-0.4, -0.2) is 30.9 Å². The molecule has 92 valence electrons. The molecule has 0 fully saturated rings. The molecule has 0 aliphatic rings. The maximum Gasteiger partial charge on any atom is 0.129 e. The van der Waals surface area contributed by atoms with Crippen LogP contribution in [0.5, 0.6) is 0 Å². The lowest BCUT2D eigenvalue weighted by atomic mass is 10.3. The normalized spacial score (nSPS) is 12.9. The lowest BCUT2D eigenvalue weighted by molar-refractivity contribution is 0.0227. The number of hydrogen-bond acceptors (Lipinski definition) is 4. The van der Waals surface area contributed by atoms with Crippen molar-refractivity contribution in [2.24, 2.45) is 0 Å². The molecule has 1 aromatic heterocycles. The molecule has 2 N–H and O–H groups in total. The van der Waals surface area contributed by atoms with Crippen LogP contribution in [0.1, 0.15) is 25.5 Å². The van der Waals surface area contributed by atoms with Crippen LogP contribution < -0.4 is 5.32 Å². The van der Waals surface area contributed by atoms with Gasteiger partial charge in [0.1, 0.15) is 12.4 Å². The van der Waals surface area contributed by atoms with E-state index in [1.165, 1.54) is 0 Å². The van der Waals surface area contributed by atoms with Gasteiger partial charge in [-0.15, -0.1) is 0 Å². The van der Waals surface area contributed by atoms with E-state index in [9.17, 15) is 5.11 Å². The summed E-state index contributed by atoms with van der Waals surface area (Å²) in [4.78, 5) is 0. The van der Waals surface area contributed by atoms with Gasteiger partial charge in [-0.2, -0.15) is 0 Å². The van der Waals surface area contributed by atoms with Crippen molar-refractivity contribution in [3.63, 3.8) is 0 Å². The molecule has 0 aromatic carbocycles. The first kappa shape index (κ1) is 13.2. The van der Waals surface area contributed by atoms with E-state index in [1.807, 2.05) is 12.1 Å². The maximum atomic E-state index is 9.56. The Morgan fingerprint density at radius 3 is 3.12 bits per heavy atom. The summed E-state index contributed by atoms with van der Waals surface area (Å²) in [6.45, 7) is 4.42. The third-order valence-electron chi connectivity index (χ3n) is 2.22. The molecule has 1 rings (SSSR count). The number of unbranched alkanes of at least 4 members (excludes halogenated alkanes) is 1. The highest BCUT2D eigenvalue weighted by molar-refractivity contribution is 4.96. The summed E-state index contributed by atoms with van der Waals surface area (Å²) in [5, 5.41) is 12.7. The van der Waals surface area contributed by atoms with E-state index in [-0.39, 0.29) is 0 Å². The molecule has 0 aliphatic carbocycles. The molecule has 1 aromatic rings. The van der Waals surface area contributed by atoms with Gasteiger partial charge in [-0.1, -0.05) is 13.3 Å². The summed E-state index contributed by atoms with van der Waals surface area (Å²) in [6.07, 6.45) is 3.46. The Morgan fingerprint density at radius 1 is 1.56 bits per heavy atom. The van der Waals surface area contributed by atoms with Gasteiger partial charge < -0.3 is 19.6 Å². The highest BCUT2D eigenvalue weighted by Gasteiger charge is 2.04. The molecular formula is C12H21NO3. The van der Waals surface area contributed by atoms with E-state index < -0.39 is 6.10 Å². The minimum absolute atomic E-state index is 0.333. The Kier molecular flexibility index (Phi) is 6.88. The number of rotatable bonds is 9. The fraction of sp³-hybridized carbons (Fsp3) is 0.667. The highest BCUT2D eigenvalue weighted by Crippen LogP contribution is 2.01. The SMILES string of the molecule is CCCCNCC(O)COCc1ccco1. The first-order valence-electron chi connectivity index (χ1n) is 5.81. The molecule has 0 aliphatic heterocycles. The first-order valence-corrected chi connectivity index (χ1v) is 5.81.